The SMILES string of the molecule is CC(=O)N1CCCC(CC2CC(c3ccc(C)cc3)=NO2)(C(=O)NCCN2CCCC2)C1. The fraction of sp³-hybridized carbons (Fsp3) is 0.640. The van der Waals surface area contributed by atoms with Crippen LogP contribution in [0.5, 0.6) is 0 Å². The molecule has 1 N–H and O–H groups in total. The van der Waals surface area contributed by atoms with Gasteiger partial charge in [0, 0.05) is 45.9 Å². The minimum atomic E-state index is -0.627. The number of hydrogen-bond donors (Lipinski definition) is 1. The topological polar surface area (TPSA) is 74.2 Å². The normalized spacial score (nSPS) is 26.0. The molecule has 1 aromatic carbocycles. The molecule has 2 unspecified atom stereocenters. The quantitative estimate of drug-likeness (QED) is 0.708. The number of nitrogens with one attached hydrogen (secondary N) is 1. The second-order valence-corrected chi connectivity index (χ2v) is 9.67. The van der Waals surface area contributed by atoms with Gasteiger partial charge in [-0.2, -0.15) is 0 Å². The van der Waals surface area contributed by atoms with Crippen molar-refractivity contribution in [3.63, 3.8) is 0 Å². The summed E-state index contributed by atoms with van der Waals surface area (Å²) in [6.45, 7) is 8.60. The van der Waals surface area contributed by atoms with Crippen LogP contribution in [0.4, 0.5) is 0 Å². The van der Waals surface area contributed by atoms with Crippen molar-refractivity contribution in [2.75, 3.05) is 39.3 Å². The molecular formula is C25H36N4O3. The molecule has 0 bridgehead atoms. The van der Waals surface area contributed by atoms with Crippen LogP contribution >= 0.6 is 0 Å². The Bertz CT molecular complexity index is 847. The minimum absolute atomic E-state index is 0.0304. The first-order valence-corrected chi connectivity index (χ1v) is 12.0. The molecule has 7 heteroatoms. The average molecular weight is 441 g/mol. The molecule has 0 aliphatic carbocycles. The van der Waals surface area contributed by atoms with Crippen LogP contribution in [0, 0.1) is 12.3 Å². The van der Waals surface area contributed by atoms with Crippen LogP contribution in [0.15, 0.2) is 29.4 Å². The van der Waals surface area contributed by atoms with Crippen LogP contribution in [0.1, 0.15) is 56.6 Å². The summed E-state index contributed by atoms with van der Waals surface area (Å²) in [5, 5.41) is 7.53. The first-order chi connectivity index (χ1) is 15.4. The summed E-state index contributed by atoms with van der Waals surface area (Å²) in [6.07, 6.45) is 5.20. The maximum Gasteiger partial charge on any atom is 0.228 e. The molecule has 0 aromatic heterocycles. The Hall–Kier alpha value is -2.41. The lowest BCUT2D eigenvalue weighted by Crippen LogP contribution is -2.55. The molecule has 1 aromatic rings. The van der Waals surface area contributed by atoms with Gasteiger partial charge in [0.2, 0.25) is 11.8 Å². The Kier molecular flexibility index (Phi) is 7.13. The number of likely N-dealkylation sites (tertiary alicyclic amines) is 2. The Morgan fingerprint density at radius 2 is 1.91 bits per heavy atom. The maximum absolute atomic E-state index is 13.5. The van der Waals surface area contributed by atoms with Crippen LogP contribution in [0.3, 0.4) is 0 Å². The Morgan fingerprint density at radius 1 is 1.16 bits per heavy atom. The van der Waals surface area contributed by atoms with Crippen molar-refractivity contribution in [1.29, 1.82) is 0 Å². The molecule has 0 saturated carbocycles. The number of carbonyl (C=O) groups excluding carboxylic acids is 2. The van der Waals surface area contributed by atoms with E-state index in [1.54, 1.807) is 6.92 Å². The van der Waals surface area contributed by atoms with Crippen molar-refractivity contribution in [2.45, 2.75) is 58.5 Å². The van der Waals surface area contributed by atoms with Crippen molar-refractivity contribution in [1.82, 2.24) is 15.1 Å². The lowest BCUT2D eigenvalue weighted by Gasteiger charge is -2.42. The monoisotopic (exact) mass is 440 g/mol. The van der Waals surface area contributed by atoms with Gasteiger partial charge >= 0.3 is 0 Å². The molecule has 2 amide bonds. The average Bonchev–Trinajstić information content (AvgIpc) is 3.47. The van der Waals surface area contributed by atoms with E-state index in [0.717, 1.165) is 50.3 Å². The molecule has 174 valence electrons. The van der Waals surface area contributed by atoms with E-state index in [-0.39, 0.29) is 17.9 Å². The van der Waals surface area contributed by atoms with Crippen molar-refractivity contribution in [3.8, 4) is 0 Å². The van der Waals surface area contributed by atoms with Gasteiger partial charge in [0.1, 0.15) is 6.10 Å². The molecule has 3 aliphatic heterocycles. The van der Waals surface area contributed by atoms with Crippen molar-refractivity contribution < 1.29 is 14.4 Å². The van der Waals surface area contributed by atoms with Gasteiger partial charge < -0.3 is 20.0 Å². The molecule has 3 aliphatic rings. The van der Waals surface area contributed by atoms with Gasteiger partial charge in [-0.15, -0.1) is 0 Å². The minimum Gasteiger partial charge on any atom is -0.392 e. The number of oxime groups is 1. The number of rotatable bonds is 7. The number of carbonyl (C=O) groups is 2. The molecule has 7 nitrogen and oxygen atoms in total. The largest absolute Gasteiger partial charge is 0.392 e. The zero-order valence-electron chi connectivity index (χ0n) is 19.4. The summed E-state index contributed by atoms with van der Waals surface area (Å²) in [5.74, 6) is 0.0814. The van der Waals surface area contributed by atoms with Gasteiger partial charge in [0.25, 0.3) is 0 Å². The molecule has 2 saturated heterocycles. The highest BCUT2D eigenvalue weighted by Gasteiger charge is 2.46. The zero-order valence-corrected chi connectivity index (χ0v) is 19.4. The molecular weight excluding hydrogens is 404 g/mol. The van der Waals surface area contributed by atoms with Crippen molar-refractivity contribution in [2.24, 2.45) is 10.6 Å². The summed E-state index contributed by atoms with van der Waals surface area (Å²) in [7, 11) is 0. The van der Waals surface area contributed by atoms with E-state index in [1.165, 1.54) is 18.4 Å². The summed E-state index contributed by atoms with van der Waals surface area (Å²) >= 11 is 0. The number of amides is 2. The summed E-state index contributed by atoms with van der Waals surface area (Å²) in [4.78, 5) is 35.6. The predicted molar refractivity (Wildman–Crippen MR) is 124 cm³/mol. The standard InChI is InChI=1S/C25H36N4O3/c1-19-6-8-21(9-7-19)23-16-22(32-27-23)17-25(10-5-14-29(18-25)20(2)30)24(31)26-11-15-28-12-3-4-13-28/h6-9,22H,3-5,10-18H2,1-2H3,(H,26,31). The summed E-state index contributed by atoms with van der Waals surface area (Å²) < 4.78 is 0. The molecule has 32 heavy (non-hydrogen) atoms. The van der Waals surface area contributed by atoms with Gasteiger partial charge in [-0.25, -0.2) is 0 Å². The zero-order chi connectivity index (χ0) is 22.6. The van der Waals surface area contributed by atoms with Gasteiger partial charge in [0.05, 0.1) is 11.1 Å². The highest BCUT2D eigenvalue weighted by molar-refractivity contribution is 6.01. The lowest BCUT2D eigenvalue weighted by molar-refractivity contribution is -0.143. The smallest absolute Gasteiger partial charge is 0.228 e. The van der Waals surface area contributed by atoms with Gasteiger partial charge in [-0.05, 0) is 51.3 Å². The van der Waals surface area contributed by atoms with E-state index in [1.807, 2.05) is 4.90 Å². The third-order valence-corrected chi connectivity index (χ3v) is 7.15. The molecule has 0 radical (unpaired) electrons. The highest BCUT2D eigenvalue weighted by atomic mass is 16.6. The Balaban J connectivity index is 1.41. The maximum atomic E-state index is 13.5. The van der Waals surface area contributed by atoms with Crippen molar-refractivity contribution >= 4 is 17.5 Å². The number of aryl methyl sites for hydroxylation is 1. The van der Waals surface area contributed by atoms with E-state index in [9.17, 15) is 9.59 Å². The Morgan fingerprint density at radius 3 is 2.62 bits per heavy atom. The third-order valence-electron chi connectivity index (χ3n) is 7.15. The predicted octanol–water partition coefficient (Wildman–Crippen LogP) is 2.72. The van der Waals surface area contributed by atoms with Gasteiger partial charge in [0.15, 0.2) is 0 Å². The molecule has 3 heterocycles. The number of hydrogen-bond acceptors (Lipinski definition) is 5. The van der Waals surface area contributed by atoms with E-state index >= 15 is 0 Å². The van der Waals surface area contributed by atoms with Crippen molar-refractivity contribution in [3.05, 3.63) is 35.4 Å². The van der Waals surface area contributed by atoms with E-state index < -0.39 is 5.41 Å². The van der Waals surface area contributed by atoms with Crippen LogP contribution in [0.2, 0.25) is 0 Å². The highest BCUT2D eigenvalue weighted by Crippen LogP contribution is 2.38. The van der Waals surface area contributed by atoms with Crippen LogP contribution < -0.4 is 5.32 Å². The fourth-order valence-electron chi connectivity index (χ4n) is 5.26. The second kappa shape index (κ2) is 10.0. The van der Waals surface area contributed by atoms with Gasteiger partial charge in [-0.1, -0.05) is 35.0 Å². The Labute approximate surface area is 191 Å². The molecule has 2 fully saturated rings. The summed E-state index contributed by atoms with van der Waals surface area (Å²) in [5.41, 5.74) is 2.58. The third kappa shape index (κ3) is 5.31. The first-order valence-electron chi connectivity index (χ1n) is 12.0. The molecule has 0 spiro atoms. The van der Waals surface area contributed by atoms with Gasteiger partial charge in [-0.3, -0.25) is 9.59 Å². The molecule has 2 atom stereocenters. The number of nitrogens with zero attached hydrogens (tertiary/aromatic N) is 3. The lowest BCUT2D eigenvalue weighted by atomic mass is 9.74. The first kappa shape index (κ1) is 22.8. The van der Waals surface area contributed by atoms with Crippen LogP contribution in [-0.4, -0.2) is 72.7 Å². The van der Waals surface area contributed by atoms with Crippen LogP contribution in [0.25, 0.3) is 0 Å². The van der Waals surface area contributed by atoms with E-state index in [0.29, 0.717) is 25.9 Å². The molecule has 4 rings (SSSR count). The fourth-order valence-corrected chi connectivity index (χ4v) is 5.26. The van der Waals surface area contributed by atoms with E-state index in [2.05, 4.69) is 46.6 Å². The van der Waals surface area contributed by atoms with Crippen LogP contribution in [-0.2, 0) is 14.4 Å². The summed E-state index contributed by atoms with van der Waals surface area (Å²) in [6, 6.07) is 8.29. The number of benzene rings is 1. The van der Waals surface area contributed by atoms with E-state index in [4.69, 9.17) is 4.84 Å². The second-order valence-electron chi connectivity index (χ2n) is 9.67. The number of piperidine rings is 1.